The van der Waals surface area contributed by atoms with Crippen molar-refractivity contribution in [2.45, 2.75) is 10.6 Å². The molecule has 2 nitrogen and oxygen atoms in total. The molecule has 19 heavy (non-hydrogen) atoms. The minimum absolute atomic E-state index is 0.332. The molecule has 2 rings (SSSR count). The highest BCUT2D eigenvalue weighted by Crippen LogP contribution is 2.34. The maximum Gasteiger partial charge on any atom is 0.124 e. The fourth-order valence-electron chi connectivity index (χ4n) is 1.61. The van der Waals surface area contributed by atoms with Crippen LogP contribution < -0.4 is 5.73 Å². The Balaban J connectivity index is 2.22. The molecule has 2 aromatic rings. The second kappa shape index (κ2) is 5.96. The van der Waals surface area contributed by atoms with Crippen LogP contribution in [0, 0.1) is 17.1 Å². The predicted octanol–water partition coefficient (Wildman–Crippen LogP) is 4.23. The van der Waals surface area contributed by atoms with Crippen molar-refractivity contribution in [3.8, 4) is 6.07 Å². The Labute approximate surface area is 120 Å². The first-order chi connectivity index (χ1) is 9.11. The number of thioether (sulfide) groups is 1. The molecule has 96 valence electrons. The summed E-state index contributed by atoms with van der Waals surface area (Å²) in [5, 5.41) is 9.55. The van der Waals surface area contributed by atoms with Crippen molar-refractivity contribution < 1.29 is 4.39 Å². The van der Waals surface area contributed by atoms with Crippen LogP contribution >= 0.6 is 23.4 Å². The Kier molecular flexibility index (Phi) is 4.31. The van der Waals surface area contributed by atoms with Crippen LogP contribution in [0.5, 0.6) is 0 Å². The maximum atomic E-state index is 13.0. The van der Waals surface area contributed by atoms with Crippen LogP contribution in [0.2, 0.25) is 5.02 Å². The first kappa shape index (κ1) is 13.7. The zero-order valence-corrected chi connectivity index (χ0v) is 11.4. The van der Waals surface area contributed by atoms with Gasteiger partial charge in [-0.2, -0.15) is 5.26 Å². The number of hydrogen-bond donors (Lipinski definition) is 1. The second-order valence-corrected chi connectivity index (χ2v) is 5.25. The number of hydrogen-bond acceptors (Lipinski definition) is 3. The molecule has 2 aromatic carbocycles. The summed E-state index contributed by atoms with van der Waals surface area (Å²) < 4.78 is 13.0. The molecule has 0 saturated heterocycles. The summed E-state index contributed by atoms with van der Waals surface area (Å²) in [6.45, 7) is 0. The molecule has 0 heterocycles. The largest absolute Gasteiger partial charge is 0.398 e. The number of anilines is 1. The van der Waals surface area contributed by atoms with Gasteiger partial charge in [-0.3, -0.25) is 0 Å². The summed E-state index contributed by atoms with van der Waals surface area (Å²) >= 11 is 7.50. The molecule has 0 aliphatic rings. The predicted molar refractivity (Wildman–Crippen MR) is 76.5 cm³/mol. The Morgan fingerprint density at radius 2 is 2.11 bits per heavy atom. The fraction of sp³-hybridized carbons (Fsp3) is 0.0714. The summed E-state index contributed by atoms with van der Waals surface area (Å²) in [5.41, 5.74) is 7.53. The van der Waals surface area contributed by atoms with Gasteiger partial charge in [0.1, 0.15) is 5.82 Å². The summed E-state index contributed by atoms with van der Waals surface area (Å²) in [6, 6.07) is 11.5. The van der Waals surface area contributed by atoms with Crippen LogP contribution in [0.25, 0.3) is 0 Å². The lowest BCUT2D eigenvalue weighted by atomic mass is 10.1. The van der Waals surface area contributed by atoms with E-state index < -0.39 is 5.82 Å². The van der Waals surface area contributed by atoms with Crippen LogP contribution in [0.1, 0.15) is 11.1 Å². The van der Waals surface area contributed by atoms with E-state index in [0.717, 1.165) is 10.5 Å². The maximum absolute atomic E-state index is 13.0. The lowest BCUT2D eigenvalue weighted by Crippen LogP contribution is -1.92. The monoisotopic (exact) mass is 292 g/mol. The summed E-state index contributed by atoms with van der Waals surface area (Å²) in [5.74, 6) is 0.0967. The normalized spacial score (nSPS) is 10.2. The average Bonchev–Trinajstić information content (AvgIpc) is 2.39. The van der Waals surface area contributed by atoms with E-state index in [0.29, 0.717) is 22.0 Å². The first-order valence-corrected chi connectivity index (χ1v) is 6.83. The molecule has 0 aromatic heterocycles. The molecule has 0 fully saturated rings. The molecular weight excluding hydrogens is 283 g/mol. The Bertz CT molecular complexity index is 632. The number of nitrogens with two attached hydrogens (primary N) is 1. The van der Waals surface area contributed by atoms with E-state index in [2.05, 4.69) is 0 Å². The number of nitriles is 1. The average molecular weight is 293 g/mol. The molecule has 0 saturated carbocycles. The molecule has 0 unspecified atom stereocenters. The lowest BCUT2D eigenvalue weighted by molar-refractivity contribution is 0.627. The summed E-state index contributed by atoms with van der Waals surface area (Å²) in [7, 11) is 0. The van der Waals surface area contributed by atoms with E-state index in [9.17, 15) is 4.39 Å². The summed E-state index contributed by atoms with van der Waals surface area (Å²) in [4.78, 5) is 0.775. The molecule has 0 radical (unpaired) electrons. The molecule has 0 spiro atoms. The van der Waals surface area contributed by atoms with Crippen LogP contribution in [0.3, 0.4) is 0 Å². The topological polar surface area (TPSA) is 49.8 Å². The van der Waals surface area contributed by atoms with Gasteiger partial charge in [-0.1, -0.05) is 23.7 Å². The number of benzene rings is 2. The van der Waals surface area contributed by atoms with E-state index in [-0.39, 0.29) is 0 Å². The van der Waals surface area contributed by atoms with Gasteiger partial charge in [0.15, 0.2) is 0 Å². The molecule has 0 amide bonds. The van der Waals surface area contributed by atoms with Crippen molar-refractivity contribution in [3.63, 3.8) is 0 Å². The third-order valence-electron chi connectivity index (χ3n) is 2.56. The Hall–Kier alpha value is -1.70. The van der Waals surface area contributed by atoms with Crippen molar-refractivity contribution in [2.75, 3.05) is 5.73 Å². The lowest BCUT2D eigenvalue weighted by Gasteiger charge is -2.08. The highest BCUT2D eigenvalue weighted by Gasteiger charge is 2.08. The van der Waals surface area contributed by atoms with Crippen molar-refractivity contribution in [1.29, 1.82) is 5.26 Å². The van der Waals surface area contributed by atoms with Crippen molar-refractivity contribution in [3.05, 3.63) is 58.4 Å². The molecule has 2 N–H and O–H groups in total. The smallest absolute Gasteiger partial charge is 0.124 e. The highest BCUT2D eigenvalue weighted by atomic mass is 35.5. The van der Waals surface area contributed by atoms with Crippen LogP contribution in [-0.2, 0) is 5.75 Å². The van der Waals surface area contributed by atoms with E-state index in [1.807, 2.05) is 6.07 Å². The minimum Gasteiger partial charge on any atom is -0.398 e. The standard InChI is InChI=1S/C14H10ClFN2S/c15-12-2-1-3-13(18)14(12)19-8-9-4-5-11(16)6-10(9)7-17/h1-6H,8,18H2. The zero-order valence-electron chi connectivity index (χ0n) is 9.86. The van der Waals surface area contributed by atoms with Gasteiger partial charge >= 0.3 is 0 Å². The third kappa shape index (κ3) is 3.19. The van der Waals surface area contributed by atoms with Gasteiger partial charge in [0.25, 0.3) is 0 Å². The first-order valence-electron chi connectivity index (χ1n) is 5.47. The zero-order chi connectivity index (χ0) is 13.8. The molecular formula is C14H10ClFN2S. The number of halogens is 2. The molecule has 0 atom stereocenters. The van der Waals surface area contributed by atoms with E-state index in [1.54, 1.807) is 24.3 Å². The SMILES string of the molecule is N#Cc1cc(F)ccc1CSc1c(N)cccc1Cl. The van der Waals surface area contributed by atoms with Crippen LogP contribution in [-0.4, -0.2) is 0 Å². The second-order valence-electron chi connectivity index (χ2n) is 3.86. The minimum atomic E-state index is -0.414. The molecule has 5 heteroatoms. The number of nitrogens with zero attached hydrogens (tertiary/aromatic N) is 1. The fourth-order valence-corrected chi connectivity index (χ4v) is 2.94. The van der Waals surface area contributed by atoms with Crippen molar-refractivity contribution in [2.24, 2.45) is 0 Å². The number of nitrogen functional groups attached to an aromatic ring is 1. The van der Waals surface area contributed by atoms with Crippen molar-refractivity contribution in [1.82, 2.24) is 0 Å². The Morgan fingerprint density at radius 3 is 2.79 bits per heavy atom. The number of rotatable bonds is 3. The van der Waals surface area contributed by atoms with Gasteiger partial charge in [0.2, 0.25) is 0 Å². The van der Waals surface area contributed by atoms with Gasteiger partial charge in [-0.15, -0.1) is 11.8 Å². The van der Waals surface area contributed by atoms with E-state index in [4.69, 9.17) is 22.6 Å². The van der Waals surface area contributed by atoms with Gasteiger partial charge in [0.05, 0.1) is 16.7 Å². The van der Waals surface area contributed by atoms with Gasteiger partial charge in [-0.25, -0.2) is 4.39 Å². The molecule has 0 bridgehead atoms. The Morgan fingerprint density at radius 1 is 1.32 bits per heavy atom. The summed E-state index contributed by atoms with van der Waals surface area (Å²) in [6.07, 6.45) is 0. The third-order valence-corrected chi connectivity index (χ3v) is 4.19. The van der Waals surface area contributed by atoms with Crippen molar-refractivity contribution >= 4 is 29.1 Å². The van der Waals surface area contributed by atoms with E-state index in [1.165, 1.54) is 23.9 Å². The van der Waals surface area contributed by atoms with Gasteiger partial charge in [-0.05, 0) is 29.8 Å². The quantitative estimate of drug-likeness (QED) is 0.680. The van der Waals surface area contributed by atoms with E-state index >= 15 is 0 Å². The molecule has 0 aliphatic carbocycles. The van der Waals surface area contributed by atoms with Crippen LogP contribution in [0.15, 0.2) is 41.3 Å². The van der Waals surface area contributed by atoms with Crippen LogP contribution in [0.4, 0.5) is 10.1 Å². The molecule has 0 aliphatic heterocycles. The highest BCUT2D eigenvalue weighted by molar-refractivity contribution is 7.98. The van der Waals surface area contributed by atoms with Gasteiger partial charge in [0, 0.05) is 16.3 Å². The van der Waals surface area contributed by atoms with Gasteiger partial charge < -0.3 is 5.73 Å².